The zero-order chi connectivity index (χ0) is 7.82. The Kier molecular flexibility index (Phi) is 21.2. The van der Waals surface area contributed by atoms with Crippen molar-refractivity contribution in [2.75, 3.05) is 0 Å². The third-order valence-electron chi connectivity index (χ3n) is 0.678. The van der Waals surface area contributed by atoms with Crippen molar-refractivity contribution < 1.29 is 4.39 Å². The molecule has 12 heavy (non-hydrogen) atoms. The molecule has 0 amide bonds. The van der Waals surface area contributed by atoms with Gasteiger partial charge in [0.2, 0.25) is 0 Å². The fourth-order valence-corrected chi connectivity index (χ4v) is 0.367. The molecule has 1 rings (SSSR count). The van der Waals surface area contributed by atoms with E-state index in [1.807, 2.05) is 6.92 Å². The molecule has 0 saturated heterocycles. The number of hydrogen-bond acceptors (Lipinski definition) is 0. The van der Waals surface area contributed by atoms with E-state index in [0.717, 1.165) is 6.42 Å². The number of halogens is 2. The Hall–Kier alpha value is 0.396. The second kappa shape index (κ2) is 14.0. The average Bonchev–Trinajstić information content (AvgIpc) is 1.91. The molecule has 0 aliphatic rings. The van der Waals surface area contributed by atoms with E-state index < -0.39 is 0 Å². The molecule has 0 nitrogen and oxygen atoms in total. The van der Waals surface area contributed by atoms with Crippen molar-refractivity contribution in [1.29, 1.82) is 0 Å². The molecule has 1 aromatic carbocycles. The van der Waals surface area contributed by atoms with Crippen LogP contribution < -0.4 is 0 Å². The Balaban J connectivity index is -0.000000146. The Morgan fingerprint density at radius 2 is 1.75 bits per heavy atom. The van der Waals surface area contributed by atoms with Gasteiger partial charge in [-0.3, -0.25) is 0 Å². The maximum atomic E-state index is 11.9. The molecular formula is C9H12BrFMg. The monoisotopic (exact) mass is 242 g/mol. The predicted molar refractivity (Wildman–Crippen MR) is 57.0 cm³/mol. The van der Waals surface area contributed by atoms with Gasteiger partial charge in [-0.25, -0.2) is 4.39 Å². The molecule has 0 spiro atoms. The molecule has 3 heteroatoms. The Morgan fingerprint density at radius 1 is 1.42 bits per heavy atom. The van der Waals surface area contributed by atoms with Crippen LogP contribution in [0.15, 0.2) is 24.3 Å². The molecule has 0 N–H and O–H groups in total. The van der Waals surface area contributed by atoms with E-state index in [2.05, 4.69) is 13.0 Å². The van der Waals surface area contributed by atoms with Gasteiger partial charge in [0.15, 0.2) is 0 Å². The minimum absolute atomic E-state index is 0. The molecule has 64 valence electrons. The summed E-state index contributed by atoms with van der Waals surface area (Å²) < 4.78 is 11.9. The quantitative estimate of drug-likeness (QED) is 0.485. The van der Waals surface area contributed by atoms with Crippen LogP contribution >= 0.6 is 17.0 Å². The summed E-state index contributed by atoms with van der Waals surface area (Å²) in [5, 5.41) is 0. The normalized spacial score (nSPS) is 6.58. The zero-order valence-corrected chi connectivity index (χ0v) is 10.3. The van der Waals surface area contributed by atoms with Crippen LogP contribution in [0.4, 0.5) is 4.39 Å². The van der Waals surface area contributed by atoms with E-state index >= 15 is 0 Å². The van der Waals surface area contributed by atoms with Crippen LogP contribution in [-0.4, -0.2) is 23.1 Å². The second-order valence-electron chi connectivity index (χ2n) is 1.72. The van der Waals surface area contributed by atoms with Crippen molar-refractivity contribution in [2.45, 2.75) is 13.3 Å². The van der Waals surface area contributed by atoms with Crippen molar-refractivity contribution in [3.63, 3.8) is 0 Å². The van der Waals surface area contributed by atoms with Crippen molar-refractivity contribution in [2.24, 2.45) is 0 Å². The van der Waals surface area contributed by atoms with E-state index in [1.54, 1.807) is 0 Å². The van der Waals surface area contributed by atoms with Gasteiger partial charge in [-0.15, -0.1) is 29.1 Å². The maximum absolute atomic E-state index is 11.9. The molecule has 0 aliphatic heterocycles. The fourth-order valence-electron chi connectivity index (χ4n) is 0.367. The van der Waals surface area contributed by atoms with Gasteiger partial charge in [-0.1, -0.05) is 6.92 Å². The fraction of sp³-hybridized carbons (Fsp3) is 0.222. The topological polar surface area (TPSA) is 0 Å². The first-order valence-electron chi connectivity index (χ1n) is 3.22. The number of hydrogen-bond donors (Lipinski definition) is 0. The minimum Gasteiger partial charge on any atom is -0.344 e. The van der Waals surface area contributed by atoms with Crippen molar-refractivity contribution >= 4 is 40.0 Å². The number of benzene rings is 1. The first kappa shape index (κ1) is 18.2. The van der Waals surface area contributed by atoms with Gasteiger partial charge in [0.05, 0.1) is 0 Å². The van der Waals surface area contributed by atoms with E-state index in [1.165, 1.54) is 24.3 Å². The van der Waals surface area contributed by atoms with Crippen LogP contribution in [0.5, 0.6) is 0 Å². The summed E-state index contributed by atoms with van der Waals surface area (Å²) in [5.74, 6) is -0.209. The molecular weight excluding hydrogens is 231 g/mol. The first-order valence-corrected chi connectivity index (χ1v) is 3.22. The van der Waals surface area contributed by atoms with Crippen LogP contribution in [0.1, 0.15) is 13.3 Å². The maximum Gasteiger partial charge on any atom is 2.00 e. The van der Waals surface area contributed by atoms with Crippen molar-refractivity contribution in [3.8, 4) is 0 Å². The summed E-state index contributed by atoms with van der Waals surface area (Å²) in [5.41, 5.74) is 0. The van der Waals surface area contributed by atoms with Crippen LogP contribution in [0, 0.1) is 18.8 Å². The molecule has 0 fully saturated rings. The molecule has 0 unspecified atom stereocenters. The summed E-state index contributed by atoms with van der Waals surface area (Å²) >= 11 is 0. The van der Waals surface area contributed by atoms with Crippen molar-refractivity contribution in [3.05, 3.63) is 43.1 Å². The molecule has 0 aliphatic carbocycles. The largest absolute Gasteiger partial charge is 2.00 e. The van der Waals surface area contributed by atoms with Gasteiger partial charge in [0.25, 0.3) is 0 Å². The third kappa shape index (κ3) is 13.0. The second-order valence-corrected chi connectivity index (χ2v) is 1.72. The summed E-state index contributed by atoms with van der Waals surface area (Å²) in [6, 6.07) is 8.49. The van der Waals surface area contributed by atoms with Crippen LogP contribution in [0.3, 0.4) is 0 Å². The summed E-state index contributed by atoms with van der Waals surface area (Å²) in [6.07, 6.45) is 1.00. The molecule has 0 radical (unpaired) electrons. The average molecular weight is 243 g/mol. The van der Waals surface area contributed by atoms with Gasteiger partial charge < -0.3 is 6.92 Å². The third-order valence-corrected chi connectivity index (χ3v) is 0.678. The van der Waals surface area contributed by atoms with E-state index in [4.69, 9.17) is 0 Å². The van der Waals surface area contributed by atoms with Gasteiger partial charge in [-0.05, 0) is 0 Å². The van der Waals surface area contributed by atoms with Crippen molar-refractivity contribution in [1.82, 2.24) is 0 Å². The summed E-state index contributed by atoms with van der Waals surface area (Å²) in [7, 11) is 0. The smallest absolute Gasteiger partial charge is 0.344 e. The van der Waals surface area contributed by atoms with E-state index in [0.29, 0.717) is 0 Å². The number of rotatable bonds is 0. The standard InChI is InChI=1S/C6H4F.C3H7.BrH.Mg/c7-6-4-2-1-3-5-6;1-3-2;;/h2-5H;1,3H2,2H3;1H;/q2*-1;;+2. The summed E-state index contributed by atoms with van der Waals surface area (Å²) in [6.45, 7) is 5.50. The molecule has 1 aromatic rings. The minimum atomic E-state index is -0.209. The van der Waals surface area contributed by atoms with Gasteiger partial charge in [-0.2, -0.15) is 24.6 Å². The molecule has 0 heterocycles. The SMILES string of the molecule is Br.Fc1cc[c-]cc1.[CH2-]CC.[Mg+2]. The Bertz CT molecular complexity index is 156. The molecule has 0 saturated carbocycles. The van der Waals surface area contributed by atoms with Gasteiger partial charge >= 0.3 is 23.1 Å². The van der Waals surface area contributed by atoms with Crippen LogP contribution in [-0.2, 0) is 0 Å². The van der Waals surface area contributed by atoms with E-state index in [-0.39, 0.29) is 45.9 Å². The van der Waals surface area contributed by atoms with Gasteiger partial charge in [0, 0.05) is 5.82 Å². The van der Waals surface area contributed by atoms with Crippen LogP contribution in [0.2, 0.25) is 0 Å². The zero-order valence-electron chi connectivity index (χ0n) is 7.22. The Labute approximate surface area is 100 Å². The predicted octanol–water partition coefficient (Wildman–Crippen LogP) is 3.05. The Morgan fingerprint density at radius 3 is 1.92 bits per heavy atom. The van der Waals surface area contributed by atoms with Gasteiger partial charge in [0.1, 0.15) is 0 Å². The summed E-state index contributed by atoms with van der Waals surface area (Å²) in [4.78, 5) is 0. The van der Waals surface area contributed by atoms with E-state index in [9.17, 15) is 4.39 Å². The van der Waals surface area contributed by atoms with Crippen LogP contribution in [0.25, 0.3) is 0 Å². The molecule has 0 aromatic heterocycles. The molecule has 0 atom stereocenters. The first-order chi connectivity index (χ1) is 4.81. The molecule has 0 bridgehead atoms.